The zero-order valence-electron chi connectivity index (χ0n) is 62.9. The van der Waals surface area contributed by atoms with Gasteiger partial charge < -0.3 is 0 Å². The van der Waals surface area contributed by atoms with Crippen molar-refractivity contribution in [1.82, 2.24) is 0 Å². The third kappa shape index (κ3) is 30.4. The van der Waals surface area contributed by atoms with Gasteiger partial charge in [0.25, 0.3) is 0 Å². The molecule has 0 spiro atoms. The number of benzene rings is 13. The lowest BCUT2D eigenvalue weighted by Crippen LogP contribution is -1.89. The number of hydrogen-bond acceptors (Lipinski definition) is 0. The summed E-state index contributed by atoms with van der Waals surface area (Å²) < 4.78 is 0. The van der Waals surface area contributed by atoms with E-state index in [-0.39, 0.29) is 0 Å². The largest absolute Gasteiger partial charge is 0.0654 e. The summed E-state index contributed by atoms with van der Waals surface area (Å²) in [6.45, 7) is 36.7. The first kappa shape index (κ1) is 79.3. The van der Waals surface area contributed by atoms with Crippen LogP contribution in [0.1, 0.15) is 169 Å². The van der Waals surface area contributed by atoms with E-state index in [0.717, 1.165) is 6.42 Å². The summed E-state index contributed by atoms with van der Waals surface area (Å²) in [5.41, 5.74) is 23.1. The van der Waals surface area contributed by atoms with Crippen LogP contribution < -0.4 is 0 Å². The molecular weight excluding hydrogens is 1180 g/mol. The molecule has 0 fully saturated rings. The Morgan fingerprint density at radius 1 is 0.255 bits per heavy atom. The highest BCUT2D eigenvalue weighted by molar-refractivity contribution is 5.87. The summed E-state index contributed by atoms with van der Waals surface area (Å²) in [5.74, 6) is 1.36. The van der Waals surface area contributed by atoms with Crippen LogP contribution in [0.15, 0.2) is 297 Å². The Morgan fingerprint density at radius 2 is 0.602 bits per heavy atom. The van der Waals surface area contributed by atoms with Gasteiger partial charge in [-0.15, -0.1) is 0 Å². The molecule has 13 rings (SSSR count). The second-order valence-electron chi connectivity index (χ2n) is 26.7. The zero-order chi connectivity index (χ0) is 71.0. The van der Waals surface area contributed by atoms with Crippen LogP contribution in [0.25, 0.3) is 43.4 Å². The molecule has 0 aliphatic rings. The van der Waals surface area contributed by atoms with E-state index in [4.69, 9.17) is 0 Å². The summed E-state index contributed by atoms with van der Waals surface area (Å²) in [7, 11) is 0. The van der Waals surface area contributed by atoms with Gasteiger partial charge in [0, 0.05) is 0 Å². The lowest BCUT2D eigenvalue weighted by atomic mass is 9.98. The Balaban J connectivity index is 0.000000201. The fraction of sp³-hybridized carbons (Fsp3) is 0.265. The second-order valence-corrected chi connectivity index (χ2v) is 26.7. The smallest absolute Gasteiger partial charge is 0.0155 e. The van der Waals surface area contributed by atoms with E-state index in [0.29, 0.717) is 11.8 Å². The summed E-state index contributed by atoms with van der Waals surface area (Å²) in [5, 5.41) is 7.92. The van der Waals surface area contributed by atoms with E-state index in [2.05, 4.69) is 415 Å². The van der Waals surface area contributed by atoms with Gasteiger partial charge in [0.2, 0.25) is 0 Å². The second kappa shape index (κ2) is 44.5. The molecule has 0 nitrogen and oxygen atoms in total. The van der Waals surface area contributed by atoms with Crippen molar-refractivity contribution in [1.29, 1.82) is 0 Å². The van der Waals surface area contributed by atoms with Crippen LogP contribution in [0.4, 0.5) is 0 Å². The molecular formula is C98H116. The van der Waals surface area contributed by atoms with Crippen LogP contribution in [-0.2, 0) is 19.3 Å². The minimum Gasteiger partial charge on any atom is -0.0654 e. The summed E-state index contributed by atoms with van der Waals surface area (Å²) in [6, 6.07) is 106. The average molecular weight is 1290 g/mol. The van der Waals surface area contributed by atoms with Crippen LogP contribution in [0, 0.1) is 69.2 Å². The number of aryl methyl sites for hydroxylation is 13. The van der Waals surface area contributed by atoms with Crippen molar-refractivity contribution in [3.63, 3.8) is 0 Å². The van der Waals surface area contributed by atoms with Crippen LogP contribution >= 0.6 is 0 Å². The van der Waals surface area contributed by atoms with Gasteiger partial charge >= 0.3 is 0 Å². The van der Waals surface area contributed by atoms with Crippen LogP contribution in [0.5, 0.6) is 0 Å². The molecule has 98 heavy (non-hydrogen) atoms. The molecule has 0 aromatic heterocycles. The van der Waals surface area contributed by atoms with Gasteiger partial charge in [0.1, 0.15) is 0 Å². The highest BCUT2D eigenvalue weighted by Gasteiger charge is 2.02. The van der Waals surface area contributed by atoms with E-state index < -0.39 is 0 Å². The molecule has 0 bridgehead atoms. The monoisotopic (exact) mass is 1290 g/mol. The van der Waals surface area contributed by atoms with Gasteiger partial charge in [-0.2, -0.15) is 0 Å². The van der Waals surface area contributed by atoms with E-state index in [9.17, 15) is 0 Å². The average Bonchev–Trinajstić information content (AvgIpc) is 0.879. The Hall–Kier alpha value is -9.36. The van der Waals surface area contributed by atoms with Crippen molar-refractivity contribution < 1.29 is 0 Å². The molecule has 1 unspecified atom stereocenters. The van der Waals surface area contributed by atoms with Crippen molar-refractivity contribution in [2.45, 2.75) is 174 Å². The maximum absolute atomic E-state index is 2.27. The Bertz CT molecular complexity index is 4210. The van der Waals surface area contributed by atoms with Gasteiger partial charge in [-0.25, -0.2) is 0 Å². The minimum absolute atomic E-state index is 0.653. The lowest BCUT2D eigenvalue weighted by molar-refractivity contribution is 0.733. The topological polar surface area (TPSA) is 0 Å². The molecule has 0 N–H and O–H groups in total. The standard InChI is InChI=1S/C17H14.2C11H10.2C11H16.2C10H14.C9H12.C8H10/c1-13-6-8-15(9-7-13)17-11-10-14-4-2-3-5-16(14)12-17;1-9-5-4-7-10-6-2-3-8-11(9)10;1-9-6-7-10-4-2-3-5-11(10)8-9;1-4-10(3)11-7-5-9(2)6-8-11;1-3-4-5-11-8-6-10(2)7-9-11;1-8(2)10-6-4-9(3)5-7-10;1-3-4-10-7-5-9(2)6-8-10;1-3-9-6-4-8(2)5-7-9;1-7-3-5-8(2)6-4-7/h2-12H,1H3;2*2-8H,1H3;5-8,10H,4H2,1-3H3;6-9H,3-5H2,1-2H3;4-8H,1-3H3;5-8H,3-4H2,1-2H3;4-7H,3H2,1-2H3;3-6H,1-2H3. The van der Waals surface area contributed by atoms with Crippen LogP contribution in [0.2, 0.25) is 0 Å². The molecule has 0 aliphatic carbocycles. The predicted octanol–water partition coefficient (Wildman–Crippen LogP) is 28.9. The maximum atomic E-state index is 2.27. The third-order valence-corrected chi connectivity index (χ3v) is 17.4. The number of rotatable bonds is 10. The molecule has 13 aromatic rings. The fourth-order valence-corrected chi connectivity index (χ4v) is 10.5. The van der Waals surface area contributed by atoms with E-state index in [1.54, 1.807) is 0 Å². The molecule has 0 amide bonds. The highest BCUT2D eigenvalue weighted by Crippen LogP contribution is 2.25. The number of hydrogen-bond donors (Lipinski definition) is 0. The van der Waals surface area contributed by atoms with Crippen LogP contribution in [0.3, 0.4) is 0 Å². The van der Waals surface area contributed by atoms with E-state index >= 15 is 0 Å². The first-order valence-corrected chi connectivity index (χ1v) is 36.1. The normalized spacial score (nSPS) is 10.4. The van der Waals surface area contributed by atoms with Gasteiger partial charge in [0.05, 0.1) is 0 Å². The van der Waals surface area contributed by atoms with E-state index in [1.807, 2.05) is 0 Å². The molecule has 13 aromatic carbocycles. The predicted molar refractivity (Wildman–Crippen MR) is 438 cm³/mol. The van der Waals surface area contributed by atoms with Crippen molar-refractivity contribution >= 4 is 32.3 Å². The van der Waals surface area contributed by atoms with Gasteiger partial charge in [0.15, 0.2) is 0 Å². The molecule has 0 aliphatic heterocycles. The molecule has 0 heteroatoms. The van der Waals surface area contributed by atoms with Gasteiger partial charge in [-0.05, 0) is 196 Å². The summed E-state index contributed by atoms with van der Waals surface area (Å²) in [4.78, 5) is 0. The molecule has 508 valence electrons. The molecule has 0 radical (unpaired) electrons. The Labute approximate surface area is 595 Å². The summed E-state index contributed by atoms with van der Waals surface area (Å²) >= 11 is 0. The number of fused-ring (bicyclic) bond motifs is 3. The highest BCUT2D eigenvalue weighted by atomic mass is 14.1. The Morgan fingerprint density at radius 3 is 1.03 bits per heavy atom. The summed E-state index contributed by atoms with van der Waals surface area (Å²) in [6.07, 6.45) is 8.64. The lowest BCUT2D eigenvalue weighted by Gasteiger charge is -2.07. The Kier molecular flexibility index (Phi) is 36.0. The van der Waals surface area contributed by atoms with Crippen molar-refractivity contribution in [3.05, 3.63) is 381 Å². The first-order valence-electron chi connectivity index (χ1n) is 36.1. The molecule has 1 atom stereocenters. The number of unbranched alkanes of at least 4 members (excludes halogenated alkanes) is 1. The van der Waals surface area contributed by atoms with Crippen molar-refractivity contribution in [3.8, 4) is 11.1 Å². The van der Waals surface area contributed by atoms with Gasteiger partial charge in [-0.1, -0.05) is 403 Å². The van der Waals surface area contributed by atoms with Crippen molar-refractivity contribution in [2.75, 3.05) is 0 Å². The maximum Gasteiger partial charge on any atom is -0.0155 e. The minimum atomic E-state index is 0.653. The quantitative estimate of drug-likeness (QED) is 0.128. The van der Waals surface area contributed by atoms with Crippen LogP contribution in [-0.4, -0.2) is 0 Å². The first-order chi connectivity index (χ1) is 47.3. The zero-order valence-corrected chi connectivity index (χ0v) is 62.9. The molecule has 0 heterocycles. The van der Waals surface area contributed by atoms with Gasteiger partial charge in [-0.3, -0.25) is 0 Å². The fourth-order valence-electron chi connectivity index (χ4n) is 10.5. The third-order valence-electron chi connectivity index (χ3n) is 17.4. The SMILES string of the molecule is CCC(C)c1ccc(C)cc1.CCCCc1ccc(C)cc1.CCCc1ccc(C)cc1.CCc1ccc(C)cc1.Cc1ccc(-c2ccc3ccccc3c2)cc1.Cc1ccc(C(C)C)cc1.Cc1ccc(C)cc1.Cc1ccc2ccccc2c1.Cc1cccc2ccccc12. The van der Waals surface area contributed by atoms with Crippen molar-refractivity contribution in [2.24, 2.45) is 0 Å². The van der Waals surface area contributed by atoms with E-state index in [1.165, 1.54) is 165 Å². The molecule has 0 saturated carbocycles. The molecule has 0 saturated heterocycles.